The van der Waals surface area contributed by atoms with E-state index in [-0.39, 0.29) is 11.0 Å². The van der Waals surface area contributed by atoms with Crippen LogP contribution in [0.5, 0.6) is 5.88 Å². The number of hydrogen-bond donors (Lipinski definition) is 0. The molecular formula is C10H11ClN2O2. The van der Waals surface area contributed by atoms with E-state index in [1.54, 1.807) is 20.9 Å². The Morgan fingerprint density at radius 3 is 2.80 bits per heavy atom. The maximum Gasteiger partial charge on any atom is 0.222 e. The van der Waals surface area contributed by atoms with Gasteiger partial charge in [-0.15, -0.1) is 6.42 Å². The Labute approximate surface area is 92.8 Å². The minimum Gasteiger partial charge on any atom is -0.459 e. The minimum atomic E-state index is -0.792. The average Bonchev–Trinajstić information content (AvgIpc) is 2.14. The monoisotopic (exact) mass is 226 g/mol. The molecule has 80 valence electrons. The van der Waals surface area contributed by atoms with Crippen LogP contribution in [0.1, 0.15) is 13.8 Å². The van der Waals surface area contributed by atoms with E-state index < -0.39 is 11.0 Å². The van der Waals surface area contributed by atoms with Crippen LogP contribution in [0.2, 0.25) is 5.15 Å². The van der Waals surface area contributed by atoms with E-state index in [9.17, 15) is 4.79 Å². The Morgan fingerprint density at radius 1 is 1.67 bits per heavy atom. The van der Waals surface area contributed by atoms with Gasteiger partial charge in [0.1, 0.15) is 0 Å². The maximum atomic E-state index is 11.2. The summed E-state index contributed by atoms with van der Waals surface area (Å²) < 4.78 is 6.79. The first-order valence-corrected chi connectivity index (χ1v) is 4.64. The normalized spacial score (nSPS) is 10.9. The fourth-order valence-electron chi connectivity index (χ4n) is 0.882. The number of ether oxygens (including phenoxy) is 1. The fraction of sp³-hybridized carbons (Fsp3) is 0.400. The lowest BCUT2D eigenvalue weighted by Crippen LogP contribution is -2.28. The molecule has 0 atom stereocenters. The molecule has 0 aromatic carbocycles. The van der Waals surface area contributed by atoms with Crippen LogP contribution >= 0.6 is 11.6 Å². The zero-order chi connectivity index (χ0) is 11.6. The molecule has 0 amide bonds. The molecule has 0 aliphatic rings. The number of halogens is 1. The molecule has 0 spiro atoms. The molecule has 0 radical (unpaired) electrons. The molecule has 0 saturated carbocycles. The van der Waals surface area contributed by atoms with Crippen LogP contribution < -0.4 is 10.2 Å². The summed E-state index contributed by atoms with van der Waals surface area (Å²) in [6.45, 7) is 3.43. The van der Waals surface area contributed by atoms with Gasteiger partial charge in [-0.05, 0) is 13.8 Å². The lowest BCUT2D eigenvalue weighted by atomic mass is 10.1. The first-order chi connectivity index (χ1) is 6.85. The van der Waals surface area contributed by atoms with E-state index in [1.165, 1.54) is 10.7 Å². The molecule has 0 unspecified atom stereocenters. The van der Waals surface area contributed by atoms with Crippen molar-refractivity contribution >= 4 is 11.6 Å². The van der Waals surface area contributed by atoms with Gasteiger partial charge >= 0.3 is 0 Å². The van der Waals surface area contributed by atoms with Crippen LogP contribution in [0, 0.1) is 12.3 Å². The van der Waals surface area contributed by atoms with Crippen molar-refractivity contribution in [2.24, 2.45) is 7.05 Å². The van der Waals surface area contributed by atoms with E-state index in [0.29, 0.717) is 0 Å². The van der Waals surface area contributed by atoms with Crippen molar-refractivity contribution < 1.29 is 4.74 Å². The van der Waals surface area contributed by atoms with Crippen molar-refractivity contribution in [3.05, 3.63) is 21.4 Å². The van der Waals surface area contributed by atoms with Gasteiger partial charge in [0.15, 0.2) is 10.8 Å². The molecule has 0 bridgehead atoms. The summed E-state index contributed by atoms with van der Waals surface area (Å²) in [5.41, 5.74) is -1.18. The Balaban J connectivity index is 3.13. The molecule has 1 aromatic rings. The Morgan fingerprint density at radius 2 is 2.27 bits per heavy atom. The minimum absolute atomic E-state index is 0.0941. The zero-order valence-corrected chi connectivity index (χ0v) is 9.50. The molecule has 4 nitrogen and oxygen atoms in total. The number of hydrogen-bond acceptors (Lipinski definition) is 3. The SMILES string of the molecule is C#CC(C)(C)Oc1cc(=O)c(Cl)nn1C. The summed E-state index contributed by atoms with van der Waals surface area (Å²) in [6.07, 6.45) is 5.26. The third-order valence-electron chi connectivity index (χ3n) is 1.72. The molecule has 1 aromatic heterocycles. The standard InChI is InChI=1S/C10H11ClN2O2/c1-5-10(2,3)15-8-6-7(14)9(11)12-13(8)4/h1,6H,2-4H3. The highest BCUT2D eigenvalue weighted by atomic mass is 35.5. The number of rotatable bonds is 2. The maximum absolute atomic E-state index is 11.2. The molecule has 0 aliphatic heterocycles. The molecule has 0 fully saturated rings. The summed E-state index contributed by atoms with van der Waals surface area (Å²) in [4.78, 5) is 11.2. The second kappa shape index (κ2) is 3.95. The first kappa shape index (κ1) is 11.6. The predicted octanol–water partition coefficient (Wildman–Crippen LogP) is 1.22. The topological polar surface area (TPSA) is 44.1 Å². The van der Waals surface area contributed by atoms with Crippen LogP contribution in [0.25, 0.3) is 0 Å². The molecule has 1 heterocycles. The summed E-state index contributed by atoms with van der Waals surface area (Å²) >= 11 is 5.55. The van der Waals surface area contributed by atoms with Gasteiger partial charge in [0.25, 0.3) is 0 Å². The van der Waals surface area contributed by atoms with Crippen LogP contribution in [0.4, 0.5) is 0 Å². The lowest BCUT2D eigenvalue weighted by molar-refractivity contribution is 0.154. The summed E-state index contributed by atoms with van der Waals surface area (Å²) in [7, 11) is 1.62. The molecule has 15 heavy (non-hydrogen) atoms. The average molecular weight is 227 g/mol. The van der Waals surface area contributed by atoms with Crippen LogP contribution in [0.3, 0.4) is 0 Å². The largest absolute Gasteiger partial charge is 0.459 e. The lowest BCUT2D eigenvalue weighted by Gasteiger charge is -2.21. The van der Waals surface area contributed by atoms with Crippen LogP contribution in [-0.2, 0) is 7.05 Å². The molecular weight excluding hydrogens is 216 g/mol. The van der Waals surface area contributed by atoms with Crippen molar-refractivity contribution in [3.63, 3.8) is 0 Å². The van der Waals surface area contributed by atoms with Gasteiger partial charge in [-0.2, -0.15) is 5.10 Å². The summed E-state index contributed by atoms with van der Waals surface area (Å²) in [6, 6.07) is 1.26. The number of terminal acetylenes is 1. The van der Waals surface area contributed by atoms with Crippen molar-refractivity contribution in [1.82, 2.24) is 9.78 Å². The second-order valence-electron chi connectivity index (χ2n) is 3.52. The van der Waals surface area contributed by atoms with E-state index in [2.05, 4.69) is 11.0 Å². The molecule has 0 aliphatic carbocycles. The summed E-state index contributed by atoms with van der Waals surface area (Å²) in [5.74, 6) is 2.74. The van der Waals surface area contributed by atoms with Gasteiger partial charge in [0, 0.05) is 7.05 Å². The molecule has 0 N–H and O–H groups in total. The predicted molar refractivity (Wildman–Crippen MR) is 58.0 cm³/mol. The Kier molecular flexibility index (Phi) is 3.06. The first-order valence-electron chi connectivity index (χ1n) is 4.26. The van der Waals surface area contributed by atoms with E-state index in [4.69, 9.17) is 22.8 Å². The van der Waals surface area contributed by atoms with Gasteiger partial charge in [0.05, 0.1) is 6.07 Å². The molecule has 5 heteroatoms. The number of aromatic nitrogens is 2. The second-order valence-corrected chi connectivity index (χ2v) is 3.88. The number of nitrogens with zero attached hydrogens (tertiary/aromatic N) is 2. The van der Waals surface area contributed by atoms with Gasteiger partial charge in [-0.1, -0.05) is 17.5 Å². The van der Waals surface area contributed by atoms with Gasteiger partial charge in [-0.25, -0.2) is 4.68 Å². The van der Waals surface area contributed by atoms with Gasteiger partial charge in [0.2, 0.25) is 11.3 Å². The highest BCUT2D eigenvalue weighted by Gasteiger charge is 2.18. The van der Waals surface area contributed by atoms with E-state index in [0.717, 1.165) is 0 Å². The van der Waals surface area contributed by atoms with E-state index >= 15 is 0 Å². The van der Waals surface area contributed by atoms with E-state index in [1.807, 2.05) is 0 Å². The third-order valence-corrected chi connectivity index (χ3v) is 1.98. The third kappa shape index (κ3) is 2.74. The summed E-state index contributed by atoms with van der Waals surface area (Å²) in [5, 5.41) is 3.67. The van der Waals surface area contributed by atoms with Gasteiger partial charge < -0.3 is 4.74 Å². The van der Waals surface area contributed by atoms with Crippen molar-refractivity contribution in [2.45, 2.75) is 19.4 Å². The van der Waals surface area contributed by atoms with Crippen molar-refractivity contribution in [3.8, 4) is 18.2 Å². The molecule has 0 saturated heterocycles. The van der Waals surface area contributed by atoms with Crippen molar-refractivity contribution in [2.75, 3.05) is 0 Å². The zero-order valence-electron chi connectivity index (χ0n) is 8.74. The van der Waals surface area contributed by atoms with Crippen LogP contribution in [-0.4, -0.2) is 15.4 Å². The quantitative estimate of drug-likeness (QED) is 0.713. The highest BCUT2D eigenvalue weighted by Crippen LogP contribution is 2.15. The smallest absolute Gasteiger partial charge is 0.222 e. The highest BCUT2D eigenvalue weighted by molar-refractivity contribution is 6.29. The fourth-order valence-corrected chi connectivity index (χ4v) is 1.05. The molecule has 1 rings (SSSR count). The van der Waals surface area contributed by atoms with Crippen LogP contribution in [0.15, 0.2) is 10.9 Å². The Hall–Kier alpha value is -1.47. The number of aryl methyl sites for hydroxylation is 1. The van der Waals surface area contributed by atoms with Crippen molar-refractivity contribution in [1.29, 1.82) is 0 Å². The van der Waals surface area contributed by atoms with Gasteiger partial charge in [-0.3, -0.25) is 4.79 Å². The Bertz CT molecular complexity index is 471.